The lowest BCUT2D eigenvalue weighted by Crippen LogP contribution is -2.46. The van der Waals surface area contributed by atoms with Gasteiger partial charge in [-0.3, -0.25) is 0 Å². The molecule has 2 rings (SSSR count). The fraction of sp³-hybridized carbons (Fsp3) is 0.556. The van der Waals surface area contributed by atoms with Crippen LogP contribution in [0.15, 0.2) is 20.1 Å². The first-order valence-electron chi connectivity index (χ1n) is 5.12. The molecule has 0 aliphatic carbocycles. The summed E-state index contributed by atoms with van der Waals surface area (Å²) in [6, 6.07) is 3.14. The summed E-state index contributed by atoms with van der Waals surface area (Å²) in [5.74, 6) is -0.119. The summed E-state index contributed by atoms with van der Waals surface area (Å²) < 4.78 is 50.5. The molecule has 1 aliphatic rings. The van der Waals surface area contributed by atoms with Crippen LogP contribution >= 0.6 is 27.3 Å². The highest BCUT2D eigenvalue weighted by Gasteiger charge is 2.41. The van der Waals surface area contributed by atoms with Crippen molar-refractivity contribution >= 4 is 47.1 Å². The van der Waals surface area contributed by atoms with Gasteiger partial charge in [0.2, 0.25) is 0 Å². The lowest BCUT2D eigenvalue weighted by Gasteiger charge is -2.22. The topological polar surface area (TPSA) is 80.3 Å². The number of sulfone groups is 1. The van der Waals surface area contributed by atoms with Crippen LogP contribution in [-0.4, -0.2) is 33.9 Å². The molecule has 1 aliphatic heterocycles. The molecule has 0 saturated carbocycles. The van der Waals surface area contributed by atoms with Crippen molar-refractivity contribution in [2.24, 2.45) is 0 Å². The predicted octanol–water partition coefficient (Wildman–Crippen LogP) is 1.37. The van der Waals surface area contributed by atoms with Crippen molar-refractivity contribution in [2.75, 3.05) is 11.5 Å². The highest BCUT2D eigenvalue weighted by Crippen LogP contribution is 2.29. The second kappa shape index (κ2) is 4.55. The van der Waals surface area contributed by atoms with Gasteiger partial charge < -0.3 is 0 Å². The summed E-state index contributed by atoms with van der Waals surface area (Å²) in [5.41, 5.74) is -0.909. The predicted molar refractivity (Wildman–Crippen MR) is 74.0 cm³/mol. The van der Waals surface area contributed by atoms with Gasteiger partial charge in [0.05, 0.1) is 15.3 Å². The van der Waals surface area contributed by atoms with E-state index in [2.05, 4.69) is 20.7 Å². The van der Waals surface area contributed by atoms with Crippen LogP contribution in [0, 0.1) is 0 Å². The maximum Gasteiger partial charge on any atom is 0.250 e. The zero-order valence-corrected chi connectivity index (χ0v) is 13.5. The molecule has 1 fully saturated rings. The summed E-state index contributed by atoms with van der Waals surface area (Å²) >= 11 is 4.29. The molecule has 5 nitrogen and oxygen atoms in total. The molecule has 0 unspecified atom stereocenters. The average molecular weight is 374 g/mol. The van der Waals surface area contributed by atoms with E-state index in [9.17, 15) is 16.8 Å². The van der Waals surface area contributed by atoms with Crippen molar-refractivity contribution in [2.45, 2.75) is 23.1 Å². The molecule has 0 bridgehead atoms. The second-order valence-electron chi connectivity index (χ2n) is 4.57. The van der Waals surface area contributed by atoms with E-state index in [1.165, 1.54) is 6.07 Å². The van der Waals surface area contributed by atoms with E-state index in [1.807, 2.05) is 0 Å². The minimum absolute atomic E-state index is 0.0279. The summed E-state index contributed by atoms with van der Waals surface area (Å²) in [6.45, 7) is 1.62. The second-order valence-corrected chi connectivity index (χ2v) is 11.1. The van der Waals surface area contributed by atoms with Gasteiger partial charge in [-0.05, 0) is 41.4 Å². The maximum atomic E-state index is 12.1. The summed E-state index contributed by atoms with van der Waals surface area (Å²) in [6.07, 6.45) is 0.307. The fourth-order valence-corrected chi connectivity index (χ4v) is 7.54. The van der Waals surface area contributed by atoms with Crippen LogP contribution in [0.4, 0.5) is 0 Å². The zero-order chi connectivity index (χ0) is 13.6. The van der Waals surface area contributed by atoms with Crippen molar-refractivity contribution in [1.82, 2.24) is 4.72 Å². The van der Waals surface area contributed by atoms with E-state index in [0.29, 0.717) is 10.2 Å². The van der Waals surface area contributed by atoms with Crippen LogP contribution in [0.1, 0.15) is 13.3 Å². The number of thiophene rings is 1. The average Bonchev–Trinajstić information content (AvgIpc) is 2.70. The molecule has 2 heterocycles. The minimum Gasteiger partial charge on any atom is -0.229 e. The van der Waals surface area contributed by atoms with Crippen LogP contribution in [0.3, 0.4) is 0 Å². The molecule has 102 valence electrons. The Morgan fingerprint density at radius 3 is 2.56 bits per heavy atom. The van der Waals surface area contributed by atoms with Crippen molar-refractivity contribution in [3.05, 3.63) is 15.9 Å². The smallest absolute Gasteiger partial charge is 0.229 e. The molecule has 0 amide bonds. The Bertz CT molecular complexity index is 664. The minimum atomic E-state index is -3.66. The SMILES string of the molecule is C[C@@]1(NS(=O)(=O)c2ccc(Br)s2)CCS(=O)(=O)C1. The van der Waals surface area contributed by atoms with Crippen molar-refractivity contribution < 1.29 is 16.8 Å². The number of hydrogen-bond donors (Lipinski definition) is 1. The van der Waals surface area contributed by atoms with Crippen LogP contribution in [0.2, 0.25) is 0 Å². The summed E-state index contributed by atoms with van der Waals surface area (Å²) in [4.78, 5) is 0. The van der Waals surface area contributed by atoms with Crippen molar-refractivity contribution in [3.8, 4) is 0 Å². The summed E-state index contributed by atoms with van der Waals surface area (Å²) in [5, 5.41) is 0. The number of halogens is 1. The molecule has 0 radical (unpaired) electrons. The Morgan fingerprint density at radius 2 is 2.11 bits per heavy atom. The quantitative estimate of drug-likeness (QED) is 0.867. The van der Waals surface area contributed by atoms with Crippen molar-refractivity contribution in [1.29, 1.82) is 0 Å². The first-order valence-corrected chi connectivity index (χ1v) is 10.0. The highest BCUT2D eigenvalue weighted by molar-refractivity contribution is 9.11. The lowest BCUT2D eigenvalue weighted by molar-refractivity contribution is 0.462. The van der Waals surface area contributed by atoms with E-state index in [-0.39, 0.29) is 15.7 Å². The van der Waals surface area contributed by atoms with Gasteiger partial charge in [-0.25, -0.2) is 21.6 Å². The maximum absolute atomic E-state index is 12.1. The Kier molecular flexibility index (Phi) is 3.65. The fourth-order valence-electron chi connectivity index (χ4n) is 1.91. The Labute approximate surface area is 119 Å². The van der Waals surface area contributed by atoms with E-state index >= 15 is 0 Å². The first-order chi connectivity index (χ1) is 8.12. The molecular weight excluding hydrogens is 362 g/mol. The first kappa shape index (κ1) is 14.4. The van der Waals surface area contributed by atoms with Crippen molar-refractivity contribution in [3.63, 3.8) is 0 Å². The van der Waals surface area contributed by atoms with Gasteiger partial charge in [-0.15, -0.1) is 11.3 Å². The molecule has 0 spiro atoms. The van der Waals surface area contributed by atoms with E-state index in [1.54, 1.807) is 13.0 Å². The van der Waals surface area contributed by atoms with Gasteiger partial charge >= 0.3 is 0 Å². The van der Waals surface area contributed by atoms with Gasteiger partial charge in [0.1, 0.15) is 4.21 Å². The molecule has 1 aromatic rings. The number of sulfonamides is 1. The molecule has 1 saturated heterocycles. The largest absolute Gasteiger partial charge is 0.250 e. The van der Waals surface area contributed by atoms with E-state index in [0.717, 1.165) is 11.3 Å². The third-order valence-electron chi connectivity index (χ3n) is 2.70. The normalized spacial score (nSPS) is 27.4. The number of nitrogens with one attached hydrogen (secondary N) is 1. The Balaban J connectivity index is 2.24. The third kappa shape index (κ3) is 3.13. The van der Waals surface area contributed by atoms with Gasteiger partial charge in [0, 0.05) is 5.54 Å². The molecule has 18 heavy (non-hydrogen) atoms. The van der Waals surface area contributed by atoms with Crippen LogP contribution in [-0.2, 0) is 19.9 Å². The zero-order valence-electron chi connectivity index (χ0n) is 9.51. The molecule has 0 aromatic carbocycles. The lowest BCUT2D eigenvalue weighted by atomic mass is 10.0. The van der Waals surface area contributed by atoms with Gasteiger partial charge in [0.15, 0.2) is 9.84 Å². The molecule has 9 heteroatoms. The summed E-state index contributed by atoms with van der Waals surface area (Å²) in [7, 11) is -6.79. The molecule has 1 aromatic heterocycles. The third-order valence-corrected chi connectivity index (χ3v) is 8.35. The number of hydrogen-bond acceptors (Lipinski definition) is 5. The standard InChI is InChI=1S/C9H12BrNO4S3/c1-9(4-5-17(12,13)6-9)11-18(14,15)8-3-2-7(10)16-8/h2-3,11H,4-6H2,1H3/t9-/m1/s1. The molecule has 1 atom stereocenters. The van der Waals surface area contributed by atoms with E-state index < -0.39 is 25.4 Å². The van der Waals surface area contributed by atoms with E-state index in [4.69, 9.17) is 0 Å². The van der Waals surface area contributed by atoms with Crippen LogP contribution < -0.4 is 4.72 Å². The molecular formula is C9H12BrNO4S3. The highest BCUT2D eigenvalue weighted by atomic mass is 79.9. The van der Waals surface area contributed by atoms with Crippen LogP contribution in [0.5, 0.6) is 0 Å². The van der Waals surface area contributed by atoms with Gasteiger partial charge in [-0.2, -0.15) is 0 Å². The Hall–Kier alpha value is 0.0400. The molecule has 1 N–H and O–H groups in total. The Morgan fingerprint density at radius 1 is 1.44 bits per heavy atom. The van der Waals surface area contributed by atoms with Crippen LogP contribution in [0.25, 0.3) is 0 Å². The monoisotopic (exact) mass is 373 g/mol. The van der Waals surface area contributed by atoms with Gasteiger partial charge in [0.25, 0.3) is 10.0 Å². The van der Waals surface area contributed by atoms with Gasteiger partial charge in [-0.1, -0.05) is 0 Å². The number of rotatable bonds is 3.